The van der Waals surface area contributed by atoms with Crippen LogP contribution in [0.4, 0.5) is 5.69 Å². The van der Waals surface area contributed by atoms with E-state index in [1.807, 2.05) is 24.3 Å². The second-order valence-corrected chi connectivity index (χ2v) is 7.78. The molecule has 1 N–H and O–H groups in total. The van der Waals surface area contributed by atoms with E-state index in [1.165, 1.54) is 24.3 Å². The number of aliphatic carboxylic acids is 1. The Kier molecular flexibility index (Phi) is 5.10. The van der Waals surface area contributed by atoms with Gasteiger partial charge in [-0.25, -0.2) is 8.42 Å². The van der Waals surface area contributed by atoms with Crippen LogP contribution in [0.3, 0.4) is 0 Å². The van der Waals surface area contributed by atoms with Crippen LogP contribution < -0.4 is 4.31 Å². The van der Waals surface area contributed by atoms with Gasteiger partial charge in [0.1, 0.15) is 6.54 Å². The summed E-state index contributed by atoms with van der Waals surface area (Å²) in [5, 5.41) is 19.6. The van der Waals surface area contributed by atoms with Crippen LogP contribution in [-0.2, 0) is 21.2 Å². The molecule has 27 heavy (non-hydrogen) atoms. The third kappa shape index (κ3) is 3.91. The smallest absolute Gasteiger partial charge is 0.324 e. The summed E-state index contributed by atoms with van der Waals surface area (Å²) in [4.78, 5) is 11.3. The van der Waals surface area contributed by atoms with Crippen molar-refractivity contribution in [2.75, 3.05) is 10.8 Å². The number of nitriles is 1. The molecule has 3 rings (SSSR count). The summed E-state index contributed by atoms with van der Waals surface area (Å²) in [6, 6.07) is 20.3. The maximum absolute atomic E-state index is 13.1. The minimum Gasteiger partial charge on any atom is -0.480 e. The Labute approximate surface area is 156 Å². The molecule has 0 atom stereocenters. The second kappa shape index (κ2) is 7.48. The number of anilines is 1. The first-order valence-corrected chi connectivity index (χ1v) is 9.55. The summed E-state index contributed by atoms with van der Waals surface area (Å²) in [7, 11) is -4.08. The zero-order valence-corrected chi connectivity index (χ0v) is 15.1. The van der Waals surface area contributed by atoms with Gasteiger partial charge in [0.05, 0.1) is 23.1 Å². The highest BCUT2D eigenvalue weighted by Crippen LogP contribution is 2.26. The number of carboxylic acid groups (broad SMARTS) is 1. The molecule has 0 heterocycles. The lowest BCUT2D eigenvalue weighted by atomic mass is 10.1. The predicted octanol–water partition coefficient (Wildman–Crippen LogP) is 3.19. The molecule has 0 amide bonds. The van der Waals surface area contributed by atoms with Gasteiger partial charge in [0.2, 0.25) is 0 Å². The second-order valence-electron chi connectivity index (χ2n) is 5.92. The fourth-order valence-electron chi connectivity index (χ4n) is 2.76. The molecule has 0 radical (unpaired) electrons. The largest absolute Gasteiger partial charge is 0.480 e. The fraction of sp³-hybridized carbons (Fsp3) is 0.100. The Hall–Kier alpha value is -3.37. The molecule has 7 heteroatoms. The van der Waals surface area contributed by atoms with Crippen molar-refractivity contribution >= 4 is 32.5 Å². The zero-order chi connectivity index (χ0) is 19.4. The molecule has 0 aliphatic rings. The van der Waals surface area contributed by atoms with E-state index in [2.05, 4.69) is 0 Å². The number of sulfonamides is 1. The molecule has 0 aliphatic carbocycles. The van der Waals surface area contributed by atoms with Gasteiger partial charge >= 0.3 is 5.97 Å². The summed E-state index contributed by atoms with van der Waals surface area (Å²) in [5.41, 5.74) is 0.951. The van der Waals surface area contributed by atoms with E-state index >= 15 is 0 Å². The van der Waals surface area contributed by atoms with Crippen molar-refractivity contribution in [2.24, 2.45) is 0 Å². The Bertz CT molecular complexity index is 1130. The molecule has 3 aromatic rings. The summed E-state index contributed by atoms with van der Waals surface area (Å²) >= 11 is 0. The van der Waals surface area contributed by atoms with Gasteiger partial charge in [-0.3, -0.25) is 9.10 Å². The van der Waals surface area contributed by atoms with Gasteiger partial charge in [-0.15, -0.1) is 0 Å². The number of nitrogens with zero attached hydrogens (tertiary/aromatic N) is 2. The SMILES string of the molecule is N#CCc1ccc(N(CC(=O)O)S(=O)(=O)c2ccc3ccccc3c2)cc1. The number of carbonyl (C=O) groups is 1. The molecule has 0 aliphatic heterocycles. The van der Waals surface area contributed by atoms with E-state index in [-0.39, 0.29) is 17.0 Å². The lowest BCUT2D eigenvalue weighted by Crippen LogP contribution is -2.35. The van der Waals surface area contributed by atoms with Crippen molar-refractivity contribution in [1.29, 1.82) is 5.26 Å². The number of benzene rings is 3. The number of hydrogen-bond donors (Lipinski definition) is 1. The first kappa shape index (κ1) is 18.4. The van der Waals surface area contributed by atoms with Gasteiger partial charge in [0, 0.05) is 0 Å². The number of rotatable bonds is 6. The monoisotopic (exact) mass is 380 g/mol. The van der Waals surface area contributed by atoms with E-state index < -0.39 is 22.5 Å². The maximum Gasteiger partial charge on any atom is 0.324 e. The topological polar surface area (TPSA) is 98.5 Å². The minimum atomic E-state index is -4.08. The average molecular weight is 380 g/mol. The maximum atomic E-state index is 13.1. The molecule has 0 fully saturated rings. The summed E-state index contributed by atoms with van der Waals surface area (Å²) in [6.45, 7) is -0.702. The molecule has 0 saturated heterocycles. The van der Waals surface area contributed by atoms with E-state index in [4.69, 9.17) is 5.26 Å². The van der Waals surface area contributed by atoms with Gasteiger partial charge in [0.15, 0.2) is 0 Å². The van der Waals surface area contributed by atoms with Gasteiger partial charge in [-0.1, -0.05) is 42.5 Å². The molecule has 3 aromatic carbocycles. The first-order chi connectivity index (χ1) is 12.9. The first-order valence-electron chi connectivity index (χ1n) is 8.11. The van der Waals surface area contributed by atoms with Crippen LogP contribution in [0.2, 0.25) is 0 Å². The van der Waals surface area contributed by atoms with Crippen molar-refractivity contribution in [3.63, 3.8) is 0 Å². The van der Waals surface area contributed by atoms with Crippen molar-refractivity contribution in [3.8, 4) is 6.07 Å². The minimum absolute atomic E-state index is 0.0172. The van der Waals surface area contributed by atoms with E-state index in [0.29, 0.717) is 0 Å². The Morgan fingerprint density at radius 3 is 2.30 bits per heavy atom. The van der Waals surface area contributed by atoms with Gasteiger partial charge < -0.3 is 5.11 Å². The molecule has 0 saturated carbocycles. The van der Waals surface area contributed by atoms with E-state index in [0.717, 1.165) is 20.6 Å². The zero-order valence-electron chi connectivity index (χ0n) is 14.2. The third-order valence-electron chi connectivity index (χ3n) is 4.10. The highest BCUT2D eigenvalue weighted by atomic mass is 32.2. The molecule has 0 unspecified atom stereocenters. The van der Waals surface area contributed by atoms with Crippen LogP contribution in [0.25, 0.3) is 10.8 Å². The van der Waals surface area contributed by atoms with Crippen molar-refractivity contribution in [2.45, 2.75) is 11.3 Å². The normalized spacial score (nSPS) is 11.1. The van der Waals surface area contributed by atoms with Gasteiger partial charge in [0.25, 0.3) is 10.0 Å². The molecule has 0 aromatic heterocycles. The molecule has 0 spiro atoms. The number of carboxylic acids is 1. The summed E-state index contributed by atoms with van der Waals surface area (Å²) in [6.07, 6.45) is 0.191. The number of hydrogen-bond acceptors (Lipinski definition) is 4. The molecule has 0 bridgehead atoms. The molecular formula is C20H16N2O4S. The Morgan fingerprint density at radius 2 is 1.67 bits per heavy atom. The van der Waals surface area contributed by atoms with Gasteiger partial charge in [-0.2, -0.15) is 5.26 Å². The highest BCUT2D eigenvalue weighted by Gasteiger charge is 2.27. The van der Waals surface area contributed by atoms with Crippen LogP contribution >= 0.6 is 0 Å². The molecule has 136 valence electrons. The van der Waals surface area contributed by atoms with Crippen LogP contribution in [0.15, 0.2) is 71.6 Å². The van der Waals surface area contributed by atoms with E-state index in [9.17, 15) is 18.3 Å². The van der Waals surface area contributed by atoms with Crippen molar-refractivity contribution in [1.82, 2.24) is 0 Å². The third-order valence-corrected chi connectivity index (χ3v) is 5.87. The lowest BCUT2D eigenvalue weighted by Gasteiger charge is -2.23. The van der Waals surface area contributed by atoms with Crippen molar-refractivity contribution in [3.05, 3.63) is 72.3 Å². The van der Waals surface area contributed by atoms with Gasteiger partial charge in [-0.05, 0) is 40.6 Å². The quantitative estimate of drug-likeness (QED) is 0.708. The average Bonchev–Trinajstić information content (AvgIpc) is 2.66. The molecule has 6 nitrogen and oxygen atoms in total. The summed E-state index contributed by atoms with van der Waals surface area (Å²) < 4.78 is 27.1. The lowest BCUT2D eigenvalue weighted by molar-refractivity contribution is -0.135. The molecular weight excluding hydrogens is 364 g/mol. The predicted molar refractivity (Wildman–Crippen MR) is 102 cm³/mol. The van der Waals surface area contributed by atoms with E-state index in [1.54, 1.807) is 24.3 Å². The van der Waals surface area contributed by atoms with Crippen LogP contribution in [0, 0.1) is 11.3 Å². The van der Waals surface area contributed by atoms with Crippen molar-refractivity contribution < 1.29 is 18.3 Å². The summed E-state index contributed by atoms with van der Waals surface area (Å²) in [5.74, 6) is -1.26. The highest BCUT2D eigenvalue weighted by molar-refractivity contribution is 7.92. The van der Waals surface area contributed by atoms with Crippen LogP contribution in [-0.4, -0.2) is 26.0 Å². The Morgan fingerprint density at radius 1 is 1.00 bits per heavy atom. The van der Waals surface area contributed by atoms with Crippen LogP contribution in [0.1, 0.15) is 5.56 Å². The number of fused-ring (bicyclic) bond motifs is 1. The fourth-order valence-corrected chi connectivity index (χ4v) is 4.21. The Balaban J connectivity index is 2.06. The van der Waals surface area contributed by atoms with Crippen LogP contribution in [0.5, 0.6) is 0 Å². The standard InChI is InChI=1S/C20H16N2O4S/c21-12-11-15-5-8-18(9-6-15)22(14-20(23)24)27(25,26)19-10-7-16-3-1-2-4-17(16)13-19/h1-10,13H,11,14H2,(H,23,24).